The van der Waals surface area contributed by atoms with Gasteiger partial charge in [-0.2, -0.15) is 5.26 Å². The monoisotopic (exact) mass is 225 g/mol. The standard InChI is InChI=1S/C13H11N3O/c14-6-9-1-2-13-11(5-9)16-12(8-17-13)10-3-4-15-7-10/h1-5,7,12,15-16H,8H2. The molecule has 1 aliphatic heterocycles. The first-order valence-corrected chi connectivity index (χ1v) is 5.43. The van der Waals surface area contributed by atoms with Gasteiger partial charge in [0.15, 0.2) is 0 Å². The molecule has 0 fully saturated rings. The van der Waals surface area contributed by atoms with Crippen LogP contribution in [0.5, 0.6) is 5.75 Å². The van der Waals surface area contributed by atoms with Crippen LogP contribution in [0.15, 0.2) is 36.7 Å². The number of anilines is 1. The first-order valence-electron chi connectivity index (χ1n) is 5.43. The van der Waals surface area contributed by atoms with Crippen molar-refractivity contribution in [3.05, 3.63) is 47.8 Å². The molecule has 2 N–H and O–H groups in total. The van der Waals surface area contributed by atoms with E-state index < -0.39 is 0 Å². The third-order valence-corrected chi connectivity index (χ3v) is 2.87. The van der Waals surface area contributed by atoms with Gasteiger partial charge in [-0.05, 0) is 29.8 Å². The molecule has 17 heavy (non-hydrogen) atoms. The molecule has 2 heterocycles. The van der Waals surface area contributed by atoms with E-state index in [2.05, 4.69) is 16.4 Å². The second-order valence-electron chi connectivity index (χ2n) is 3.98. The number of hydrogen-bond donors (Lipinski definition) is 2. The molecule has 4 heteroatoms. The summed E-state index contributed by atoms with van der Waals surface area (Å²) in [5.74, 6) is 0.802. The highest BCUT2D eigenvalue weighted by molar-refractivity contribution is 5.62. The molecule has 1 aliphatic rings. The quantitative estimate of drug-likeness (QED) is 0.783. The Morgan fingerprint density at radius 2 is 2.29 bits per heavy atom. The van der Waals surface area contributed by atoms with E-state index in [0.717, 1.165) is 17.0 Å². The molecule has 1 aromatic heterocycles. The lowest BCUT2D eigenvalue weighted by Crippen LogP contribution is -2.23. The van der Waals surface area contributed by atoms with Crippen molar-refractivity contribution >= 4 is 5.69 Å². The highest BCUT2D eigenvalue weighted by Gasteiger charge is 2.20. The average molecular weight is 225 g/mol. The molecule has 0 aliphatic carbocycles. The molecule has 2 aromatic rings. The largest absolute Gasteiger partial charge is 0.489 e. The summed E-state index contributed by atoms with van der Waals surface area (Å²) in [6.07, 6.45) is 3.83. The Hall–Kier alpha value is -2.41. The summed E-state index contributed by atoms with van der Waals surface area (Å²) in [4.78, 5) is 3.03. The third-order valence-electron chi connectivity index (χ3n) is 2.87. The molecule has 4 nitrogen and oxygen atoms in total. The van der Waals surface area contributed by atoms with E-state index in [-0.39, 0.29) is 6.04 Å². The molecule has 1 atom stereocenters. The van der Waals surface area contributed by atoms with Crippen LogP contribution in [0.3, 0.4) is 0 Å². The van der Waals surface area contributed by atoms with Crippen molar-refractivity contribution in [2.75, 3.05) is 11.9 Å². The van der Waals surface area contributed by atoms with Gasteiger partial charge in [0.1, 0.15) is 12.4 Å². The van der Waals surface area contributed by atoms with E-state index in [1.807, 2.05) is 30.6 Å². The summed E-state index contributed by atoms with van der Waals surface area (Å²) in [5, 5.41) is 12.2. The van der Waals surface area contributed by atoms with Crippen molar-refractivity contribution in [1.29, 1.82) is 5.26 Å². The van der Waals surface area contributed by atoms with E-state index in [9.17, 15) is 0 Å². The lowest BCUT2D eigenvalue weighted by atomic mass is 10.1. The maximum atomic E-state index is 8.87. The highest BCUT2D eigenvalue weighted by Crippen LogP contribution is 2.34. The molecule has 0 saturated heterocycles. The van der Waals surface area contributed by atoms with Crippen LogP contribution in [-0.2, 0) is 0 Å². The van der Waals surface area contributed by atoms with Gasteiger partial charge < -0.3 is 15.0 Å². The summed E-state index contributed by atoms with van der Waals surface area (Å²) in [7, 11) is 0. The van der Waals surface area contributed by atoms with Gasteiger partial charge >= 0.3 is 0 Å². The van der Waals surface area contributed by atoms with Crippen LogP contribution in [0.4, 0.5) is 5.69 Å². The zero-order chi connectivity index (χ0) is 11.7. The second kappa shape index (κ2) is 3.87. The van der Waals surface area contributed by atoms with Crippen LogP contribution in [0, 0.1) is 11.3 Å². The number of nitrogens with one attached hydrogen (secondary N) is 2. The maximum absolute atomic E-state index is 8.87. The number of ether oxygens (including phenoxy) is 1. The SMILES string of the molecule is N#Cc1ccc2c(c1)NC(c1cc[nH]c1)CO2. The zero-order valence-corrected chi connectivity index (χ0v) is 9.10. The smallest absolute Gasteiger partial charge is 0.142 e. The summed E-state index contributed by atoms with van der Waals surface area (Å²) in [5.41, 5.74) is 2.66. The number of benzene rings is 1. The van der Waals surface area contributed by atoms with Gasteiger partial charge in [0.05, 0.1) is 23.4 Å². The Labute approximate surface area is 98.8 Å². The fourth-order valence-corrected chi connectivity index (χ4v) is 1.97. The van der Waals surface area contributed by atoms with E-state index in [1.54, 1.807) is 6.07 Å². The number of aromatic amines is 1. The van der Waals surface area contributed by atoms with E-state index in [4.69, 9.17) is 10.00 Å². The van der Waals surface area contributed by atoms with Gasteiger partial charge in [0.25, 0.3) is 0 Å². The normalized spacial score (nSPS) is 17.5. The third kappa shape index (κ3) is 1.72. The van der Waals surface area contributed by atoms with Crippen LogP contribution in [0.2, 0.25) is 0 Å². The first kappa shape index (κ1) is 9.79. The molecular formula is C13H11N3O. The predicted molar refractivity (Wildman–Crippen MR) is 63.8 cm³/mol. The minimum atomic E-state index is 0.127. The number of nitrogens with zero attached hydrogens (tertiary/aromatic N) is 1. The fraction of sp³-hybridized carbons (Fsp3) is 0.154. The summed E-state index contributed by atoms with van der Waals surface area (Å²) in [6.45, 7) is 0.594. The number of hydrogen-bond acceptors (Lipinski definition) is 3. The van der Waals surface area contributed by atoms with E-state index in [1.165, 1.54) is 0 Å². The fourth-order valence-electron chi connectivity index (χ4n) is 1.97. The minimum absolute atomic E-state index is 0.127. The molecular weight excluding hydrogens is 214 g/mol. The predicted octanol–water partition coefficient (Wildman–Crippen LogP) is 2.43. The summed E-state index contributed by atoms with van der Waals surface area (Å²) >= 11 is 0. The molecule has 0 spiro atoms. The van der Waals surface area contributed by atoms with Crippen molar-refractivity contribution in [2.24, 2.45) is 0 Å². The molecule has 3 rings (SSSR count). The maximum Gasteiger partial charge on any atom is 0.142 e. The van der Waals surface area contributed by atoms with Crippen molar-refractivity contribution in [3.8, 4) is 11.8 Å². The van der Waals surface area contributed by atoms with Gasteiger partial charge in [0, 0.05) is 12.4 Å². The van der Waals surface area contributed by atoms with E-state index in [0.29, 0.717) is 12.2 Å². The minimum Gasteiger partial charge on any atom is -0.489 e. The lowest BCUT2D eigenvalue weighted by Gasteiger charge is -2.27. The zero-order valence-electron chi connectivity index (χ0n) is 9.10. The Kier molecular flexibility index (Phi) is 2.23. The molecule has 0 bridgehead atoms. The Bertz CT molecular complexity index is 569. The molecule has 1 aromatic carbocycles. The average Bonchev–Trinajstić information content (AvgIpc) is 2.91. The number of aromatic nitrogens is 1. The van der Waals surface area contributed by atoms with Crippen LogP contribution >= 0.6 is 0 Å². The van der Waals surface area contributed by atoms with Gasteiger partial charge in [0.2, 0.25) is 0 Å². The molecule has 84 valence electrons. The van der Waals surface area contributed by atoms with Gasteiger partial charge in [-0.15, -0.1) is 0 Å². The summed E-state index contributed by atoms with van der Waals surface area (Å²) in [6, 6.07) is 9.67. The van der Waals surface area contributed by atoms with Crippen LogP contribution in [0.1, 0.15) is 17.2 Å². The Morgan fingerprint density at radius 3 is 3.06 bits per heavy atom. The number of H-pyrrole nitrogens is 1. The van der Waals surface area contributed by atoms with Gasteiger partial charge in [-0.25, -0.2) is 0 Å². The van der Waals surface area contributed by atoms with Crippen molar-refractivity contribution < 1.29 is 4.74 Å². The number of rotatable bonds is 1. The lowest BCUT2D eigenvalue weighted by molar-refractivity contribution is 0.286. The van der Waals surface area contributed by atoms with Crippen molar-refractivity contribution in [3.63, 3.8) is 0 Å². The second-order valence-corrected chi connectivity index (χ2v) is 3.98. The molecule has 0 amide bonds. The summed E-state index contributed by atoms with van der Waals surface area (Å²) < 4.78 is 5.67. The van der Waals surface area contributed by atoms with Crippen molar-refractivity contribution in [2.45, 2.75) is 6.04 Å². The molecule has 0 saturated carbocycles. The van der Waals surface area contributed by atoms with Crippen molar-refractivity contribution in [1.82, 2.24) is 4.98 Å². The Balaban J connectivity index is 1.92. The Morgan fingerprint density at radius 1 is 1.35 bits per heavy atom. The van der Waals surface area contributed by atoms with Crippen LogP contribution in [-0.4, -0.2) is 11.6 Å². The van der Waals surface area contributed by atoms with Crippen LogP contribution in [0.25, 0.3) is 0 Å². The number of nitriles is 1. The highest BCUT2D eigenvalue weighted by atomic mass is 16.5. The van der Waals surface area contributed by atoms with Crippen LogP contribution < -0.4 is 10.1 Å². The topological polar surface area (TPSA) is 60.8 Å². The molecule has 0 radical (unpaired) electrons. The van der Waals surface area contributed by atoms with Gasteiger partial charge in [-0.1, -0.05) is 0 Å². The first-order chi connectivity index (χ1) is 8.36. The van der Waals surface area contributed by atoms with Gasteiger partial charge in [-0.3, -0.25) is 0 Å². The van der Waals surface area contributed by atoms with E-state index >= 15 is 0 Å². The number of fused-ring (bicyclic) bond motifs is 1. The molecule has 1 unspecified atom stereocenters.